The molecule has 6 nitrogen and oxygen atoms in total. The van der Waals surface area contributed by atoms with Crippen LogP contribution in [0.4, 0.5) is 0 Å². The molecule has 0 radical (unpaired) electrons. The molecule has 0 heterocycles. The van der Waals surface area contributed by atoms with Gasteiger partial charge in [0.1, 0.15) is 13.2 Å². The molecule has 0 bridgehead atoms. The molecule has 0 aliphatic carbocycles. The number of unbranched alkanes of at least 4 members (excludes halogenated alkanes) is 39. The summed E-state index contributed by atoms with van der Waals surface area (Å²) in [6.07, 6.45) is 80.9. The first-order chi connectivity index (χ1) is 37.0. The van der Waals surface area contributed by atoms with Gasteiger partial charge in [0.15, 0.2) is 6.10 Å². The molecule has 0 N–H and O–H groups in total. The van der Waals surface area contributed by atoms with Crippen LogP contribution in [-0.4, -0.2) is 37.2 Å². The van der Waals surface area contributed by atoms with E-state index in [0.29, 0.717) is 19.3 Å². The monoisotopic (exact) mass is 1050 g/mol. The summed E-state index contributed by atoms with van der Waals surface area (Å²) in [5, 5.41) is 0. The van der Waals surface area contributed by atoms with Crippen LogP contribution >= 0.6 is 0 Å². The van der Waals surface area contributed by atoms with Crippen molar-refractivity contribution >= 4 is 17.9 Å². The Hall–Kier alpha value is -2.89. The summed E-state index contributed by atoms with van der Waals surface area (Å²) in [7, 11) is 0. The molecule has 0 aliphatic heterocycles. The molecule has 0 aromatic heterocycles. The average molecular weight is 1050 g/mol. The first-order valence-corrected chi connectivity index (χ1v) is 32.8. The third kappa shape index (κ3) is 61.8. The van der Waals surface area contributed by atoms with E-state index in [1.54, 1.807) is 0 Å². The van der Waals surface area contributed by atoms with E-state index in [1.165, 1.54) is 212 Å². The maximum atomic E-state index is 12.9. The Bertz CT molecular complexity index is 1340. The predicted molar refractivity (Wildman–Crippen MR) is 325 cm³/mol. The van der Waals surface area contributed by atoms with E-state index in [9.17, 15) is 14.4 Å². The Morgan fingerprint density at radius 3 is 0.853 bits per heavy atom. The molecule has 0 amide bonds. The number of hydrogen-bond acceptors (Lipinski definition) is 6. The highest BCUT2D eigenvalue weighted by Crippen LogP contribution is 2.18. The molecule has 1 atom stereocenters. The van der Waals surface area contributed by atoms with E-state index in [1.807, 2.05) is 0 Å². The minimum Gasteiger partial charge on any atom is -0.462 e. The van der Waals surface area contributed by atoms with Crippen LogP contribution in [0.25, 0.3) is 0 Å². The fourth-order valence-electron chi connectivity index (χ4n) is 9.61. The highest BCUT2D eigenvalue weighted by Gasteiger charge is 2.19. The average Bonchev–Trinajstić information content (AvgIpc) is 3.41. The van der Waals surface area contributed by atoms with Crippen LogP contribution < -0.4 is 0 Å². The van der Waals surface area contributed by atoms with E-state index in [-0.39, 0.29) is 31.1 Å². The van der Waals surface area contributed by atoms with Crippen molar-refractivity contribution in [3.05, 3.63) is 60.8 Å². The van der Waals surface area contributed by atoms with Gasteiger partial charge in [-0.15, -0.1) is 0 Å². The van der Waals surface area contributed by atoms with Crippen molar-refractivity contribution in [1.29, 1.82) is 0 Å². The maximum absolute atomic E-state index is 12.9. The fourth-order valence-corrected chi connectivity index (χ4v) is 9.61. The van der Waals surface area contributed by atoms with Crippen LogP contribution in [0.3, 0.4) is 0 Å². The van der Waals surface area contributed by atoms with E-state index in [2.05, 4.69) is 81.5 Å². The molecule has 0 aliphatic rings. The third-order valence-corrected chi connectivity index (χ3v) is 14.5. The Morgan fingerprint density at radius 1 is 0.280 bits per heavy atom. The van der Waals surface area contributed by atoms with Crippen molar-refractivity contribution in [2.45, 2.75) is 348 Å². The van der Waals surface area contributed by atoms with Crippen LogP contribution in [0, 0.1) is 0 Å². The number of esters is 3. The van der Waals surface area contributed by atoms with Gasteiger partial charge in [0.25, 0.3) is 0 Å². The first kappa shape index (κ1) is 72.1. The summed E-state index contributed by atoms with van der Waals surface area (Å²) in [5.41, 5.74) is 0. The zero-order valence-corrected chi connectivity index (χ0v) is 50.1. The second-order valence-corrected chi connectivity index (χ2v) is 22.0. The Balaban J connectivity index is 4.27. The van der Waals surface area contributed by atoms with Crippen molar-refractivity contribution in [2.24, 2.45) is 0 Å². The molecule has 1 unspecified atom stereocenters. The van der Waals surface area contributed by atoms with E-state index >= 15 is 0 Å². The molecule has 0 aromatic rings. The fraction of sp³-hybridized carbons (Fsp3) is 0.812. The van der Waals surface area contributed by atoms with Crippen molar-refractivity contribution in [3.63, 3.8) is 0 Å². The highest BCUT2D eigenvalue weighted by atomic mass is 16.6. The Labute approximate surface area is 466 Å². The van der Waals surface area contributed by atoms with E-state index in [0.717, 1.165) is 89.9 Å². The Morgan fingerprint density at radius 2 is 0.520 bits per heavy atom. The zero-order chi connectivity index (χ0) is 54.3. The topological polar surface area (TPSA) is 78.9 Å². The smallest absolute Gasteiger partial charge is 0.306 e. The lowest BCUT2D eigenvalue weighted by molar-refractivity contribution is -0.167. The third-order valence-electron chi connectivity index (χ3n) is 14.5. The molecular weight excluding hydrogens is 925 g/mol. The van der Waals surface area contributed by atoms with Gasteiger partial charge in [-0.25, -0.2) is 0 Å². The van der Waals surface area contributed by atoms with Crippen molar-refractivity contribution in [3.8, 4) is 0 Å². The standard InChI is InChI=1S/C69H124O6/c1-4-7-10-13-16-19-22-25-27-29-31-33-35-37-38-40-42-44-47-50-53-56-59-62-68(71)74-65-66(64-73-67(70)61-58-55-52-49-46-24-21-18-15-12-9-6-3)75-69(72)63-60-57-54-51-48-45-43-41-39-36-34-32-30-28-26-23-20-17-14-11-8-5-2/h7,10,16,18-19,21,25,27,31,33,66H,4-6,8-9,11-15,17,20,22-24,26,28-30,32,34-65H2,1-3H3/b10-7-,19-16-,21-18-,27-25-,33-31-. The zero-order valence-electron chi connectivity index (χ0n) is 50.1. The van der Waals surface area contributed by atoms with E-state index < -0.39 is 6.10 Å². The number of hydrogen-bond donors (Lipinski definition) is 0. The quantitative estimate of drug-likeness (QED) is 0.0261. The van der Waals surface area contributed by atoms with Crippen LogP contribution in [0.5, 0.6) is 0 Å². The number of carbonyl (C=O) groups is 3. The lowest BCUT2D eigenvalue weighted by Gasteiger charge is -2.18. The first-order valence-electron chi connectivity index (χ1n) is 32.8. The summed E-state index contributed by atoms with van der Waals surface area (Å²) < 4.78 is 16.9. The minimum atomic E-state index is -0.778. The lowest BCUT2D eigenvalue weighted by atomic mass is 10.0. The van der Waals surface area contributed by atoms with Gasteiger partial charge in [-0.2, -0.15) is 0 Å². The number of allylic oxidation sites excluding steroid dienone is 10. The minimum absolute atomic E-state index is 0.0757. The Kier molecular flexibility index (Phi) is 61.2. The van der Waals surface area contributed by atoms with Crippen LogP contribution in [0.1, 0.15) is 342 Å². The molecule has 436 valence electrons. The molecule has 6 heteroatoms. The molecule has 0 aromatic carbocycles. The second-order valence-electron chi connectivity index (χ2n) is 22.0. The van der Waals surface area contributed by atoms with Gasteiger partial charge in [0.05, 0.1) is 0 Å². The van der Waals surface area contributed by atoms with Crippen LogP contribution in [-0.2, 0) is 28.6 Å². The summed E-state index contributed by atoms with van der Waals surface area (Å²) in [6.45, 7) is 6.55. The van der Waals surface area contributed by atoms with Crippen LogP contribution in [0.2, 0.25) is 0 Å². The molecule has 0 saturated heterocycles. The number of ether oxygens (including phenoxy) is 3. The molecule has 0 saturated carbocycles. The summed E-state index contributed by atoms with van der Waals surface area (Å²) >= 11 is 0. The van der Waals surface area contributed by atoms with Gasteiger partial charge in [-0.05, 0) is 83.5 Å². The van der Waals surface area contributed by atoms with Gasteiger partial charge in [-0.3, -0.25) is 14.4 Å². The summed E-state index contributed by atoms with van der Waals surface area (Å²) in [4.78, 5) is 38.3. The maximum Gasteiger partial charge on any atom is 0.306 e. The van der Waals surface area contributed by atoms with Crippen molar-refractivity contribution in [2.75, 3.05) is 13.2 Å². The molecule has 0 fully saturated rings. The number of carbonyl (C=O) groups excluding carboxylic acids is 3. The largest absolute Gasteiger partial charge is 0.462 e. The molecule has 0 rings (SSSR count). The van der Waals surface area contributed by atoms with Gasteiger partial charge >= 0.3 is 17.9 Å². The SMILES string of the molecule is CC/C=C\C/C=C\C/C=C\C/C=C\CCCCCCCCCCCCC(=O)OCC(COC(=O)CCCCCCC/C=C\CCCCC)OC(=O)CCCCCCCCCCCCCCCCCCCCCCCC. The van der Waals surface area contributed by atoms with Crippen molar-refractivity contribution in [1.82, 2.24) is 0 Å². The van der Waals surface area contributed by atoms with Gasteiger partial charge in [0, 0.05) is 19.3 Å². The van der Waals surface area contributed by atoms with Crippen LogP contribution in [0.15, 0.2) is 60.8 Å². The van der Waals surface area contributed by atoms with Crippen molar-refractivity contribution < 1.29 is 28.6 Å². The van der Waals surface area contributed by atoms with Gasteiger partial charge < -0.3 is 14.2 Å². The highest BCUT2D eigenvalue weighted by molar-refractivity contribution is 5.71. The summed E-state index contributed by atoms with van der Waals surface area (Å²) in [6, 6.07) is 0. The van der Waals surface area contributed by atoms with Gasteiger partial charge in [-0.1, -0.05) is 300 Å². The van der Waals surface area contributed by atoms with E-state index in [4.69, 9.17) is 14.2 Å². The molecule has 0 spiro atoms. The molecular formula is C69H124O6. The predicted octanol–water partition coefficient (Wildman–Crippen LogP) is 22.3. The molecule has 75 heavy (non-hydrogen) atoms. The second kappa shape index (κ2) is 63.6. The lowest BCUT2D eigenvalue weighted by Crippen LogP contribution is -2.30. The normalized spacial score (nSPS) is 12.4. The summed E-state index contributed by atoms with van der Waals surface area (Å²) in [5.74, 6) is -0.869. The number of rotatable bonds is 60. The van der Waals surface area contributed by atoms with Gasteiger partial charge in [0.2, 0.25) is 0 Å².